The molecule has 1 aliphatic heterocycles. The summed E-state index contributed by atoms with van der Waals surface area (Å²) in [5.41, 5.74) is 6.74. The molecule has 5 nitrogen and oxygen atoms in total. The molecule has 0 radical (unpaired) electrons. The monoisotopic (exact) mass is 295 g/mol. The van der Waals surface area contributed by atoms with Gasteiger partial charge in [0, 0.05) is 17.5 Å². The van der Waals surface area contributed by atoms with Gasteiger partial charge in [0.2, 0.25) is 0 Å². The lowest BCUT2D eigenvalue weighted by molar-refractivity contribution is 0.0527. The molecule has 0 amide bonds. The van der Waals surface area contributed by atoms with Gasteiger partial charge in [-0.05, 0) is 38.5 Å². The van der Waals surface area contributed by atoms with Crippen LogP contribution in [0.3, 0.4) is 0 Å². The lowest BCUT2D eigenvalue weighted by Gasteiger charge is -2.23. The van der Waals surface area contributed by atoms with Crippen LogP contribution in [0.1, 0.15) is 37.0 Å². The number of nitrogens with one attached hydrogen (secondary N) is 1. The van der Waals surface area contributed by atoms with Gasteiger partial charge in [-0.25, -0.2) is 9.78 Å². The number of carbonyl (C=O) groups excluding carboxylic acids is 1. The van der Waals surface area contributed by atoms with E-state index in [1.54, 1.807) is 19.2 Å². The van der Waals surface area contributed by atoms with E-state index in [1.165, 1.54) is 18.6 Å². The minimum absolute atomic E-state index is 0.216. The first-order valence-electron chi connectivity index (χ1n) is 6.85. The molecule has 0 saturated carbocycles. The normalized spacial score (nSPS) is 21.7. The van der Waals surface area contributed by atoms with E-state index in [9.17, 15) is 4.79 Å². The fraction of sp³-hybridized carbons (Fsp3) is 0.571. The Morgan fingerprint density at radius 1 is 1.65 bits per heavy atom. The van der Waals surface area contributed by atoms with Crippen molar-refractivity contribution in [1.82, 2.24) is 4.98 Å². The first kappa shape index (κ1) is 15.0. The van der Waals surface area contributed by atoms with E-state index in [-0.39, 0.29) is 4.75 Å². The number of esters is 1. The van der Waals surface area contributed by atoms with E-state index >= 15 is 0 Å². The van der Waals surface area contributed by atoms with Gasteiger partial charge < -0.3 is 15.8 Å². The molecule has 1 saturated heterocycles. The number of nitrogens with two attached hydrogens (primary N) is 1. The number of ether oxygens (including phenoxy) is 1. The van der Waals surface area contributed by atoms with E-state index < -0.39 is 5.97 Å². The maximum Gasteiger partial charge on any atom is 0.340 e. The van der Waals surface area contributed by atoms with Gasteiger partial charge in [-0.3, -0.25) is 0 Å². The molecule has 2 rings (SSSR count). The summed E-state index contributed by atoms with van der Waals surface area (Å²) in [6.07, 6.45) is 4.01. The van der Waals surface area contributed by atoms with Crippen LogP contribution in [0.25, 0.3) is 0 Å². The lowest BCUT2D eigenvalue weighted by atomic mass is 10.1. The summed E-state index contributed by atoms with van der Waals surface area (Å²) < 4.78 is 5.20. The largest absolute Gasteiger partial charge is 0.462 e. The highest BCUT2D eigenvalue weighted by Crippen LogP contribution is 2.38. The summed E-state index contributed by atoms with van der Waals surface area (Å²) in [6.45, 7) is 5.13. The molecule has 0 bridgehead atoms. The molecule has 1 aromatic heterocycles. The van der Waals surface area contributed by atoms with E-state index in [2.05, 4.69) is 17.2 Å². The number of rotatable bonds is 5. The molecule has 1 unspecified atom stereocenters. The van der Waals surface area contributed by atoms with Crippen LogP contribution < -0.4 is 11.1 Å². The summed E-state index contributed by atoms with van der Waals surface area (Å²) in [5, 5.41) is 3.27. The second-order valence-corrected chi connectivity index (χ2v) is 6.78. The van der Waals surface area contributed by atoms with Crippen LogP contribution in [-0.2, 0) is 4.74 Å². The summed E-state index contributed by atoms with van der Waals surface area (Å²) in [5.74, 6) is 1.35. The van der Waals surface area contributed by atoms with Crippen molar-refractivity contribution in [1.29, 1.82) is 0 Å². The Morgan fingerprint density at radius 3 is 3.10 bits per heavy atom. The molecular formula is C14H21N3O2S. The van der Waals surface area contributed by atoms with Crippen molar-refractivity contribution in [2.45, 2.75) is 31.4 Å². The third kappa shape index (κ3) is 3.36. The number of nitrogen functional groups attached to an aromatic ring is 1. The number of nitrogens with zero attached hydrogens (tertiary/aromatic N) is 1. The van der Waals surface area contributed by atoms with Gasteiger partial charge in [0.1, 0.15) is 5.82 Å². The Hall–Kier alpha value is -1.43. The fourth-order valence-corrected chi connectivity index (χ4v) is 3.49. The maximum absolute atomic E-state index is 11.8. The van der Waals surface area contributed by atoms with Crippen LogP contribution >= 0.6 is 11.8 Å². The van der Waals surface area contributed by atoms with Crippen LogP contribution in [0.2, 0.25) is 0 Å². The molecule has 6 heteroatoms. The van der Waals surface area contributed by atoms with E-state index in [0.29, 0.717) is 23.7 Å². The van der Waals surface area contributed by atoms with Crippen molar-refractivity contribution in [3.63, 3.8) is 0 Å². The van der Waals surface area contributed by atoms with Crippen LogP contribution in [0.15, 0.2) is 12.3 Å². The number of pyridine rings is 1. The van der Waals surface area contributed by atoms with Crippen LogP contribution in [0.4, 0.5) is 11.5 Å². The summed E-state index contributed by atoms with van der Waals surface area (Å²) in [6, 6.07) is 1.59. The number of aromatic nitrogens is 1. The molecule has 0 aromatic carbocycles. The highest BCUT2D eigenvalue weighted by Gasteiger charge is 2.29. The molecule has 20 heavy (non-hydrogen) atoms. The third-order valence-electron chi connectivity index (χ3n) is 3.42. The van der Waals surface area contributed by atoms with Gasteiger partial charge in [-0.15, -0.1) is 0 Å². The molecule has 0 aliphatic carbocycles. The number of hydrogen-bond acceptors (Lipinski definition) is 6. The first-order chi connectivity index (χ1) is 9.56. The average molecular weight is 295 g/mol. The smallest absolute Gasteiger partial charge is 0.340 e. The molecular weight excluding hydrogens is 274 g/mol. The Morgan fingerprint density at radius 2 is 2.45 bits per heavy atom. The first-order valence-corrected chi connectivity index (χ1v) is 7.84. The number of carbonyl (C=O) groups is 1. The highest BCUT2D eigenvalue weighted by molar-refractivity contribution is 8.00. The Bertz CT molecular complexity index is 487. The van der Waals surface area contributed by atoms with Crippen molar-refractivity contribution in [3.05, 3.63) is 17.8 Å². The van der Waals surface area contributed by atoms with Gasteiger partial charge in [-0.1, -0.05) is 0 Å². The molecule has 1 atom stereocenters. The van der Waals surface area contributed by atoms with Gasteiger partial charge in [-0.2, -0.15) is 11.8 Å². The van der Waals surface area contributed by atoms with Crippen molar-refractivity contribution in [3.8, 4) is 0 Å². The molecule has 110 valence electrons. The topological polar surface area (TPSA) is 77.2 Å². The van der Waals surface area contributed by atoms with Gasteiger partial charge >= 0.3 is 5.97 Å². The van der Waals surface area contributed by atoms with Crippen LogP contribution in [0.5, 0.6) is 0 Å². The predicted octanol–water partition coefficient (Wildman–Crippen LogP) is 2.54. The Kier molecular flexibility index (Phi) is 4.75. The zero-order valence-corrected chi connectivity index (χ0v) is 12.8. The lowest BCUT2D eigenvalue weighted by Crippen LogP contribution is -2.28. The standard InChI is InChI=1S/C14H21N3O2S/c1-3-19-13(18)10-5-7-16-12(11(10)15)17-9-14(2)6-4-8-20-14/h5,7H,3-4,6,8-9,15H2,1-2H3,(H,16,17). The minimum Gasteiger partial charge on any atom is -0.462 e. The molecule has 1 fully saturated rings. The van der Waals surface area contributed by atoms with E-state index in [1.807, 2.05) is 11.8 Å². The molecule has 1 aliphatic rings. The SMILES string of the molecule is CCOC(=O)c1ccnc(NCC2(C)CCCS2)c1N. The van der Waals surface area contributed by atoms with Crippen molar-refractivity contribution in [2.24, 2.45) is 0 Å². The zero-order chi connectivity index (χ0) is 14.6. The molecule has 0 spiro atoms. The van der Waals surface area contributed by atoms with Gasteiger partial charge in [0.15, 0.2) is 0 Å². The Labute approximate surface area is 123 Å². The van der Waals surface area contributed by atoms with Crippen molar-refractivity contribution >= 4 is 29.2 Å². The summed E-state index contributed by atoms with van der Waals surface area (Å²) in [7, 11) is 0. The predicted molar refractivity (Wildman–Crippen MR) is 83.2 cm³/mol. The van der Waals surface area contributed by atoms with Crippen LogP contribution in [-0.4, -0.2) is 34.6 Å². The van der Waals surface area contributed by atoms with Crippen molar-refractivity contribution in [2.75, 3.05) is 30.0 Å². The molecule has 2 heterocycles. The van der Waals surface area contributed by atoms with E-state index in [0.717, 1.165) is 6.54 Å². The van der Waals surface area contributed by atoms with Gasteiger partial charge in [0.25, 0.3) is 0 Å². The number of hydrogen-bond donors (Lipinski definition) is 2. The number of thioether (sulfide) groups is 1. The Balaban J connectivity index is 2.08. The summed E-state index contributed by atoms with van der Waals surface area (Å²) >= 11 is 1.97. The van der Waals surface area contributed by atoms with Crippen LogP contribution in [0, 0.1) is 0 Å². The van der Waals surface area contributed by atoms with E-state index in [4.69, 9.17) is 10.5 Å². The minimum atomic E-state index is -0.406. The zero-order valence-electron chi connectivity index (χ0n) is 11.9. The molecule has 1 aromatic rings. The van der Waals surface area contributed by atoms with Gasteiger partial charge in [0.05, 0.1) is 17.9 Å². The molecule has 3 N–H and O–H groups in total. The fourth-order valence-electron chi connectivity index (χ4n) is 2.25. The third-order valence-corrected chi connectivity index (χ3v) is 4.95. The number of anilines is 2. The second-order valence-electron chi connectivity index (χ2n) is 5.10. The quantitative estimate of drug-likeness (QED) is 0.813. The second kappa shape index (κ2) is 6.35. The highest BCUT2D eigenvalue weighted by atomic mass is 32.2. The maximum atomic E-state index is 11.8. The van der Waals surface area contributed by atoms with Crippen molar-refractivity contribution < 1.29 is 9.53 Å². The summed E-state index contributed by atoms with van der Waals surface area (Å²) in [4.78, 5) is 16.0. The average Bonchev–Trinajstić information content (AvgIpc) is 2.85.